The number of benzene rings is 1. The normalized spacial score (nSPS) is 11.2. The largest absolute Gasteiger partial charge is 0.354 e. The Morgan fingerprint density at radius 2 is 2.00 bits per heavy atom. The van der Waals surface area contributed by atoms with Gasteiger partial charge in [-0.05, 0) is 12.1 Å². The molecular formula is C10H13FN2O3S. The number of halogens is 1. The molecule has 3 N–H and O–H groups in total. The van der Waals surface area contributed by atoms with Gasteiger partial charge in [0, 0.05) is 13.1 Å². The Morgan fingerprint density at radius 1 is 1.35 bits per heavy atom. The van der Waals surface area contributed by atoms with E-state index >= 15 is 0 Å². The molecule has 0 aliphatic heterocycles. The number of carbonyl (C=O) groups is 1. The van der Waals surface area contributed by atoms with E-state index in [2.05, 4.69) is 5.32 Å². The molecule has 0 aliphatic rings. The molecule has 0 bridgehead atoms. The molecule has 17 heavy (non-hydrogen) atoms. The Labute approximate surface area is 98.7 Å². The first-order chi connectivity index (χ1) is 7.97. The molecule has 7 heteroatoms. The van der Waals surface area contributed by atoms with E-state index in [1.165, 1.54) is 12.1 Å². The Balaban J connectivity index is 2.83. The topological polar surface area (TPSA) is 89.3 Å². The van der Waals surface area contributed by atoms with E-state index in [-0.39, 0.29) is 13.1 Å². The van der Waals surface area contributed by atoms with Gasteiger partial charge in [0.2, 0.25) is 5.91 Å². The van der Waals surface area contributed by atoms with Crippen LogP contribution in [-0.2, 0) is 14.6 Å². The minimum absolute atomic E-state index is 0.186. The summed E-state index contributed by atoms with van der Waals surface area (Å²) >= 11 is 0. The van der Waals surface area contributed by atoms with Gasteiger partial charge in [-0.2, -0.15) is 0 Å². The van der Waals surface area contributed by atoms with Gasteiger partial charge in [-0.1, -0.05) is 12.1 Å². The highest BCUT2D eigenvalue weighted by molar-refractivity contribution is 7.92. The minimum Gasteiger partial charge on any atom is -0.354 e. The first-order valence-corrected chi connectivity index (χ1v) is 6.56. The maximum Gasteiger partial charge on any atom is 0.235 e. The molecule has 5 nitrogen and oxygen atoms in total. The molecule has 94 valence electrons. The number of amides is 1. The van der Waals surface area contributed by atoms with Crippen LogP contribution >= 0.6 is 0 Å². The number of hydrogen-bond donors (Lipinski definition) is 2. The van der Waals surface area contributed by atoms with Crippen molar-refractivity contribution in [2.24, 2.45) is 5.73 Å². The number of hydrogen-bond acceptors (Lipinski definition) is 4. The molecule has 0 saturated heterocycles. The van der Waals surface area contributed by atoms with Gasteiger partial charge in [0.25, 0.3) is 0 Å². The molecule has 1 rings (SSSR count). The highest BCUT2D eigenvalue weighted by Crippen LogP contribution is 2.14. The van der Waals surface area contributed by atoms with Gasteiger partial charge in [-0.25, -0.2) is 12.8 Å². The van der Waals surface area contributed by atoms with Gasteiger partial charge in [0.15, 0.2) is 9.84 Å². The Bertz CT molecular complexity index is 502. The van der Waals surface area contributed by atoms with Crippen molar-refractivity contribution >= 4 is 15.7 Å². The van der Waals surface area contributed by atoms with E-state index in [9.17, 15) is 17.6 Å². The third-order valence-electron chi connectivity index (χ3n) is 1.96. The number of carbonyl (C=O) groups excluding carboxylic acids is 1. The number of nitrogens with two attached hydrogens (primary N) is 1. The molecule has 1 aromatic rings. The average Bonchev–Trinajstić information content (AvgIpc) is 2.26. The van der Waals surface area contributed by atoms with Gasteiger partial charge < -0.3 is 11.1 Å². The van der Waals surface area contributed by atoms with Crippen molar-refractivity contribution in [1.82, 2.24) is 5.32 Å². The van der Waals surface area contributed by atoms with Crippen molar-refractivity contribution in [3.63, 3.8) is 0 Å². The molecule has 0 heterocycles. The van der Waals surface area contributed by atoms with Crippen molar-refractivity contribution < 1.29 is 17.6 Å². The lowest BCUT2D eigenvalue weighted by Crippen LogP contribution is -2.34. The van der Waals surface area contributed by atoms with Gasteiger partial charge in [-0.3, -0.25) is 4.79 Å². The third kappa shape index (κ3) is 3.79. The maximum atomic E-state index is 13.3. The average molecular weight is 260 g/mol. The quantitative estimate of drug-likeness (QED) is 0.759. The molecule has 0 aliphatic carbocycles. The molecule has 0 aromatic heterocycles. The second-order valence-corrected chi connectivity index (χ2v) is 5.29. The molecule has 0 radical (unpaired) electrons. The fraction of sp³-hybridized carbons (Fsp3) is 0.300. The first kappa shape index (κ1) is 13.6. The zero-order valence-electron chi connectivity index (χ0n) is 9.02. The summed E-state index contributed by atoms with van der Waals surface area (Å²) in [7, 11) is -3.95. The highest BCUT2D eigenvalue weighted by atomic mass is 32.2. The van der Waals surface area contributed by atoms with E-state index < -0.39 is 32.2 Å². The zero-order valence-corrected chi connectivity index (χ0v) is 9.84. The zero-order chi connectivity index (χ0) is 12.9. The van der Waals surface area contributed by atoms with Crippen LogP contribution in [0.15, 0.2) is 29.2 Å². The summed E-state index contributed by atoms with van der Waals surface area (Å²) in [6, 6.07) is 4.93. The predicted molar refractivity (Wildman–Crippen MR) is 60.5 cm³/mol. The van der Waals surface area contributed by atoms with Crippen LogP contribution in [0.5, 0.6) is 0 Å². The smallest absolute Gasteiger partial charge is 0.235 e. The fourth-order valence-electron chi connectivity index (χ4n) is 1.21. The first-order valence-electron chi connectivity index (χ1n) is 4.91. The van der Waals surface area contributed by atoms with Gasteiger partial charge >= 0.3 is 0 Å². The number of sulfone groups is 1. The lowest BCUT2D eigenvalue weighted by atomic mass is 10.3. The Kier molecular flexibility index (Phi) is 4.59. The summed E-state index contributed by atoms with van der Waals surface area (Å²) in [4.78, 5) is 10.8. The summed E-state index contributed by atoms with van der Waals surface area (Å²) in [5, 5.41) is 2.31. The van der Waals surface area contributed by atoms with Crippen molar-refractivity contribution in [3.8, 4) is 0 Å². The van der Waals surface area contributed by atoms with Crippen LogP contribution in [0, 0.1) is 5.82 Å². The van der Waals surface area contributed by atoms with Gasteiger partial charge in [0.1, 0.15) is 16.5 Å². The Hall–Kier alpha value is -1.47. The van der Waals surface area contributed by atoms with Gasteiger partial charge in [0.05, 0.1) is 0 Å². The summed E-state index contributed by atoms with van der Waals surface area (Å²) in [6.45, 7) is 0.400. The lowest BCUT2D eigenvalue weighted by Gasteiger charge is -2.06. The molecule has 0 unspecified atom stereocenters. The summed E-state index contributed by atoms with van der Waals surface area (Å²) in [5.41, 5.74) is 5.15. The van der Waals surface area contributed by atoms with Crippen LogP contribution in [0.1, 0.15) is 0 Å². The van der Waals surface area contributed by atoms with E-state index in [1.54, 1.807) is 0 Å². The van der Waals surface area contributed by atoms with Crippen molar-refractivity contribution in [2.45, 2.75) is 4.90 Å². The van der Waals surface area contributed by atoms with Crippen LogP contribution in [0.3, 0.4) is 0 Å². The minimum atomic E-state index is -3.95. The second kappa shape index (κ2) is 5.74. The molecule has 0 saturated carbocycles. The van der Waals surface area contributed by atoms with Crippen LogP contribution in [0.4, 0.5) is 4.39 Å². The van der Waals surface area contributed by atoms with E-state index in [0.717, 1.165) is 12.1 Å². The fourth-order valence-corrected chi connectivity index (χ4v) is 2.46. The molecule has 1 amide bonds. The molecular weight excluding hydrogens is 247 g/mol. The number of nitrogens with one attached hydrogen (secondary N) is 1. The number of rotatable bonds is 5. The molecule has 0 spiro atoms. The maximum absolute atomic E-state index is 13.3. The van der Waals surface area contributed by atoms with Crippen LogP contribution in [0.25, 0.3) is 0 Å². The molecule has 1 aromatic carbocycles. The SMILES string of the molecule is NCCNC(=O)CS(=O)(=O)c1ccccc1F. The van der Waals surface area contributed by atoms with Crippen molar-refractivity contribution in [1.29, 1.82) is 0 Å². The standard InChI is InChI=1S/C10H13FN2O3S/c11-8-3-1-2-4-9(8)17(15,16)7-10(14)13-6-5-12/h1-4H,5-7,12H2,(H,13,14). The summed E-state index contributed by atoms with van der Waals surface area (Å²) in [5.74, 6) is -2.34. The predicted octanol–water partition coefficient (Wildman–Crippen LogP) is -0.326. The van der Waals surface area contributed by atoms with Crippen LogP contribution in [0.2, 0.25) is 0 Å². The summed E-state index contributed by atoms with van der Waals surface area (Å²) in [6.07, 6.45) is 0. The van der Waals surface area contributed by atoms with E-state index in [1.807, 2.05) is 0 Å². The molecule has 0 fully saturated rings. The van der Waals surface area contributed by atoms with Crippen molar-refractivity contribution in [3.05, 3.63) is 30.1 Å². The lowest BCUT2D eigenvalue weighted by molar-refractivity contribution is -0.118. The van der Waals surface area contributed by atoms with Gasteiger partial charge in [-0.15, -0.1) is 0 Å². The van der Waals surface area contributed by atoms with Crippen molar-refractivity contribution in [2.75, 3.05) is 18.8 Å². The summed E-state index contributed by atoms with van der Waals surface area (Å²) < 4.78 is 36.6. The highest BCUT2D eigenvalue weighted by Gasteiger charge is 2.22. The van der Waals surface area contributed by atoms with E-state index in [0.29, 0.717) is 0 Å². The van der Waals surface area contributed by atoms with E-state index in [4.69, 9.17) is 5.73 Å². The second-order valence-electron chi connectivity index (χ2n) is 3.33. The third-order valence-corrected chi connectivity index (χ3v) is 3.60. The monoisotopic (exact) mass is 260 g/mol. The molecule has 0 atom stereocenters. The van der Waals surface area contributed by atoms with Crippen LogP contribution < -0.4 is 11.1 Å². The Morgan fingerprint density at radius 3 is 2.59 bits per heavy atom. The van der Waals surface area contributed by atoms with Crippen LogP contribution in [-0.4, -0.2) is 33.2 Å².